The molecule has 0 bridgehead atoms. The maximum atomic E-state index is 13.3. The largest absolute Gasteiger partial charge is 0.325 e. The summed E-state index contributed by atoms with van der Waals surface area (Å²) in [7, 11) is 0. The van der Waals surface area contributed by atoms with Crippen LogP contribution in [0.2, 0.25) is 0 Å². The average Bonchev–Trinajstić information content (AvgIpc) is 3.44. The number of pyridine rings is 1. The fourth-order valence-electron chi connectivity index (χ4n) is 4.50. The molecule has 0 atom stereocenters. The Labute approximate surface area is 182 Å². The van der Waals surface area contributed by atoms with E-state index >= 15 is 0 Å². The van der Waals surface area contributed by atoms with Crippen LogP contribution in [0.1, 0.15) is 50.6 Å². The van der Waals surface area contributed by atoms with E-state index in [1.807, 2.05) is 13.0 Å². The molecule has 0 unspecified atom stereocenters. The summed E-state index contributed by atoms with van der Waals surface area (Å²) in [6.07, 6.45) is 8.27. The van der Waals surface area contributed by atoms with E-state index in [1.165, 1.54) is 23.1 Å². The Morgan fingerprint density at radius 1 is 1.22 bits per heavy atom. The highest BCUT2D eigenvalue weighted by atomic mass is 19.1. The summed E-state index contributed by atoms with van der Waals surface area (Å²) in [4.78, 5) is 34.4. The van der Waals surface area contributed by atoms with Gasteiger partial charge in [0.2, 0.25) is 5.91 Å². The zero-order chi connectivity index (χ0) is 22.2. The van der Waals surface area contributed by atoms with Gasteiger partial charge < -0.3 is 9.88 Å². The van der Waals surface area contributed by atoms with Crippen molar-refractivity contribution in [3.8, 4) is 0 Å². The highest BCUT2D eigenvalue weighted by molar-refractivity contribution is 5.91. The summed E-state index contributed by atoms with van der Waals surface area (Å²) in [6, 6.07) is 4.54. The number of aromatic nitrogens is 6. The summed E-state index contributed by atoms with van der Waals surface area (Å²) >= 11 is 0. The molecule has 1 N–H and O–H groups in total. The number of carbonyl (C=O) groups is 1. The molecule has 32 heavy (non-hydrogen) atoms. The molecular formula is C22H24FN7O2. The number of hydrogen-bond donors (Lipinski definition) is 1. The zero-order valence-corrected chi connectivity index (χ0v) is 17.8. The number of halogens is 1. The summed E-state index contributed by atoms with van der Waals surface area (Å²) in [6.45, 7) is 2.41. The van der Waals surface area contributed by atoms with E-state index in [4.69, 9.17) is 0 Å². The van der Waals surface area contributed by atoms with E-state index < -0.39 is 5.82 Å². The summed E-state index contributed by atoms with van der Waals surface area (Å²) in [5.74, 6) is -0.275. The van der Waals surface area contributed by atoms with Crippen LogP contribution in [0.4, 0.5) is 10.2 Å². The lowest BCUT2D eigenvalue weighted by Crippen LogP contribution is -2.26. The van der Waals surface area contributed by atoms with Gasteiger partial charge in [-0.1, -0.05) is 19.3 Å². The van der Waals surface area contributed by atoms with E-state index in [9.17, 15) is 14.0 Å². The maximum absolute atomic E-state index is 13.3. The monoisotopic (exact) mass is 437 g/mol. The first-order valence-corrected chi connectivity index (χ1v) is 10.9. The summed E-state index contributed by atoms with van der Waals surface area (Å²) in [5.41, 5.74) is 2.01. The molecule has 4 aromatic heterocycles. The van der Waals surface area contributed by atoms with Crippen LogP contribution in [-0.2, 0) is 17.9 Å². The number of nitrogens with zero attached hydrogens (tertiary/aromatic N) is 6. The third-order valence-corrected chi connectivity index (χ3v) is 6.12. The molecule has 10 heteroatoms. The maximum Gasteiger partial charge on any atom is 0.300 e. The highest BCUT2D eigenvalue weighted by Gasteiger charge is 2.23. The number of carbonyl (C=O) groups excluding carboxylic acids is 1. The molecule has 1 amide bonds. The average molecular weight is 437 g/mol. The molecule has 0 radical (unpaired) electrons. The Balaban J connectivity index is 1.59. The smallest absolute Gasteiger partial charge is 0.300 e. The second-order valence-electron chi connectivity index (χ2n) is 8.18. The molecule has 4 heterocycles. The van der Waals surface area contributed by atoms with Crippen molar-refractivity contribution in [3.05, 3.63) is 52.6 Å². The fourth-order valence-corrected chi connectivity index (χ4v) is 4.50. The van der Waals surface area contributed by atoms with Gasteiger partial charge in [0, 0.05) is 18.5 Å². The van der Waals surface area contributed by atoms with Gasteiger partial charge in [0.25, 0.3) is 0 Å². The van der Waals surface area contributed by atoms with Crippen molar-refractivity contribution in [2.75, 3.05) is 5.32 Å². The van der Waals surface area contributed by atoms with Crippen LogP contribution in [0.15, 0.2) is 35.5 Å². The van der Waals surface area contributed by atoms with E-state index in [2.05, 4.69) is 20.4 Å². The fraction of sp³-hybridized carbons (Fsp3) is 0.409. The molecule has 1 fully saturated rings. The predicted molar refractivity (Wildman–Crippen MR) is 117 cm³/mol. The van der Waals surface area contributed by atoms with Crippen molar-refractivity contribution >= 4 is 28.5 Å². The first-order chi connectivity index (χ1) is 15.5. The quantitative estimate of drug-likeness (QED) is 0.517. The molecular weight excluding hydrogens is 413 g/mol. The van der Waals surface area contributed by atoms with Crippen molar-refractivity contribution in [3.63, 3.8) is 0 Å². The third-order valence-electron chi connectivity index (χ3n) is 6.12. The molecule has 0 aliphatic heterocycles. The van der Waals surface area contributed by atoms with Gasteiger partial charge in [-0.15, -0.1) is 0 Å². The van der Waals surface area contributed by atoms with E-state index in [1.54, 1.807) is 15.5 Å². The third kappa shape index (κ3) is 3.55. The Hall–Kier alpha value is -3.56. The van der Waals surface area contributed by atoms with Crippen LogP contribution >= 0.6 is 0 Å². The van der Waals surface area contributed by atoms with E-state index in [0.29, 0.717) is 29.3 Å². The van der Waals surface area contributed by atoms with Gasteiger partial charge >= 0.3 is 5.56 Å². The molecule has 0 saturated heterocycles. The minimum absolute atomic E-state index is 0.0874. The normalized spacial score (nSPS) is 14.9. The summed E-state index contributed by atoms with van der Waals surface area (Å²) in [5, 5.41) is 7.33. The number of aryl methyl sites for hydroxylation is 1. The molecule has 1 saturated carbocycles. The topological polar surface area (TPSA) is 99.1 Å². The number of rotatable bonds is 5. The van der Waals surface area contributed by atoms with Crippen LogP contribution in [0.5, 0.6) is 0 Å². The van der Waals surface area contributed by atoms with Crippen LogP contribution in [0.25, 0.3) is 16.8 Å². The van der Waals surface area contributed by atoms with Gasteiger partial charge in [-0.25, -0.2) is 14.4 Å². The number of nitrogens with one attached hydrogen (secondary N) is 1. The van der Waals surface area contributed by atoms with Crippen molar-refractivity contribution < 1.29 is 9.18 Å². The van der Waals surface area contributed by atoms with Gasteiger partial charge in [0.05, 0.1) is 18.2 Å². The highest BCUT2D eigenvalue weighted by Crippen LogP contribution is 2.32. The van der Waals surface area contributed by atoms with E-state index in [0.717, 1.165) is 37.6 Å². The Morgan fingerprint density at radius 2 is 2.03 bits per heavy atom. The first kappa shape index (κ1) is 20.3. The molecule has 0 spiro atoms. The predicted octanol–water partition coefficient (Wildman–Crippen LogP) is 3.09. The number of amides is 1. The molecule has 1 aliphatic rings. The number of imidazole rings is 1. The van der Waals surface area contributed by atoms with Crippen LogP contribution in [0, 0.1) is 5.82 Å². The van der Waals surface area contributed by atoms with Gasteiger partial charge in [-0.05, 0) is 31.9 Å². The van der Waals surface area contributed by atoms with Crippen molar-refractivity contribution in [2.24, 2.45) is 0 Å². The molecule has 0 aromatic carbocycles. The van der Waals surface area contributed by atoms with Crippen molar-refractivity contribution in [1.29, 1.82) is 0 Å². The second-order valence-corrected chi connectivity index (χ2v) is 8.18. The number of hydrogen-bond acceptors (Lipinski definition) is 5. The van der Waals surface area contributed by atoms with Crippen LogP contribution < -0.4 is 10.9 Å². The lowest BCUT2D eigenvalue weighted by atomic mass is 9.87. The zero-order valence-electron chi connectivity index (χ0n) is 17.8. The standard InChI is InChI=1S/C22H24FN7O2/c1-2-28-13-25-21-20(28)22(32)30-19(10-16(27-30)14-6-4-3-5-7-14)29(21)12-18(31)26-17-9-8-15(23)11-24-17/h8-11,13-14H,2-7,12H2,1H3,(H,24,26,31). The van der Waals surface area contributed by atoms with Crippen molar-refractivity contribution in [1.82, 2.24) is 28.7 Å². The summed E-state index contributed by atoms with van der Waals surface area (Å²) < 4.78 is 18.0. The van der Waals surface area contributed by atoms with Crippen LogP contribution in [0.3, 0.4) is 0 Å². The molecule has 166 valence electrons. The molecule has 9 nitrogen and oxygen atoms in total. The Kier molecular flexibility index (Phi) is 5.20. The van der Waals surface area contributed by atoms with Gasteiger partial charge in [-0.2, -0.15) is 9.61 Å². The minimum atomic E-state index is -0.480. The second kappa shape index (κ2) is 8.18. The lowest BCUT2D eigenvalue weighted by Gasteiger charge is -2.18. The van der Waals surface area contributed by atoms with E-state index in [-0.39, 0.29) is 23.8 Å². The van der Waals surface area contributed by atoms with Gasteiger partial charge in [0.1, 0.15) is 23.8 Å². The SMILES string of the molecule is CCn1cnc2c1c(=O)n1nc(C3CCCCC3)cc1n2CC(=O)Nc1ccc(F)cn1. The van der Waals surface area contributed by atoms with Crippen LogP contribution in [-0.4, -0.2) is 34.6 Å². The Morgan fingerprint density at radius 3 is 2.75 bits per heavy atom. The molecule has 4 aromatic rings. The first-order valence-electron chi connectivity index (χ1n) is 10.9. The van der Waals surface area contributed by atoms with Gasteiger partial charge in [0.15, 0.2) is 11.2 Å². The number of anilines is 1. The molecule has 5 rings (SSSR count). The Bertz CT molecular complexity index is 1350. The van der Waals surface area contributed by atoms with Crippen molar-refractivity contribution in [2.45, 2.75) is 58.0 Å². The lowest BCUT2D eigenvalue weighted by molar-refractivity contribution is -0.116. The number of fused-ring (bicyclic) bond motifs is 2. The van der Waals surface area contributed by atoms with Gasteiger partial charge in [-0.3, -0.25) is 14.2 Å². The molecule has 1 aliphatic carbocycles. The minimum Gasteiger partial charge on any atom is -0.325 e.